The van der Waals surface area contributed by atoms with Gasteiger partial charge in [-0.05, 0) is 37.1 Å². The van der Waals surface area contributed by atoms with Crippen molar-refractivity contribution in [1.82, 2.24) is 14.9 Å². The Labute approximate surface area is 184 Å². The molecule has 1 fully saturated rings. The lowest BCUT2D eigenvalue weighted by molar-refractivity contribution is -0.134. The van der Waals surface area contributed by atoms with Crippen LogP contribution in [-0.4, -0.2) is 46.9 Å². The summed E-state index contributed by atoms with van der Waals surface area (Å²) in [7, 11) is 1.62. The summed E-state index contributed by atoms with van der Waals surface area (Å²) >= 11 is 1.38. The van der Waals surface area contributed by atoms with Crippen LogP contribution in [0.4, 0.5) is 5.13 Å². The third kappa shape index (κ3) is 5.29. The number of rotatable bonds is 7. The van der Waals surface area contributed by atoms with Crippen LogP contribution in [0.25, 0.3) is 11.3 Å². The molecule has 31 heavy (non-hydrogen) atoms. The van der Waals surface area contributed by atoms with E-state index in [0.29, 0.717) is 42.7 Å². The minimum absolute atomic E-state index is 0.0101. The van der Waals surface area contributed by atoms with Crippen molar-refractivity contribution in [2.24, 2.45) is 5.92 Å². The number of methoxy groups -OCH3 is 1. The van der Waals surface area contributed by atoms with E-state index in [2.05, 4.69) is 15.3 Å². The fourth-order valence-electron chi connectivity index (χ4n) is 3.60. The molecule has 2 aromatic heterocycles. The van der Waals surface area contributed by atoms with Gasteiger partial charge < -0.3 is 19.4 Å². The van der Waals surface area contributed by atoms with E-state index in [0.717, 1.165) is 24.2 Å². The predicted molar refractivity (Wildman–Crippen MR) is 117 cm³/mol. The van der Waals surface area contributed by atoms with Crippen molar-refractivity contribution in [1.29, 1.82) is 0 Å². The SMILES string of the molecule is COc1ccc(-c2cnc(CCC(=O)N3CCCC(C(=O)Nc4nccs4)C3)o2)cc1. The Bertz CT molecular complexity index is 1020. The van der Waals surface area contributed by atoms with Gasteiger partial charge in [0.05, 0.1) is 19.2 Å². The van der Waals surface area contributed by atoms with Crippen LogP contribution in [0.15, 0.2) is 46.5 Å². The molecule has 1 aromatic carbocycles. The average Bonchev–Trinajstić information content (AvgIpc) is 3.50. The smallest absolute Gasteiger partial charge is 0.231 e. The highest BCUT2D eigenvalue weighted by atomic mass is 32.1. The number of oxazole rings is 1. The van der Waals surface area contributed by atoms with Crippen LogP contribution < -0.4 is 10.1 Å². The highest BCUT2D eigenvalue weighted by Gasteiger charge is 2.28. The standard InChI is InChI=1S/C22H24N4O4S/c1-29-17-6-4-15(5-7-17)18-13-24-19(30-18)8-9-20(27)26-11-2-3-16(14-26)21(28)25-22-23-10-12-31-22/h4-7,10,12-13,16H,2-3,8-9,11,14H2,1H3,(H,23,25,28). The number of benzene rings is 1. The molecule has 1 unspecified atom stereocenters. The van der Waals surface area contributed by atoms with Crippen molar-refractivity contribution in [3.63, 3.8) is 0 Å². The Morgan fingerprint density at radius 2 is 2.13 bits per heavy atom. The number of hydrogen-bond acceptors (Lipinski definition) is 7. The Kier molecular flexibility index (Phi) is 6.61. The second kappa shape index (κ2) is 9.74. The van der Waals surface area contributed by atoms with Gasteiger partial charge in [0, 0.05) is 43.1 Å². The monoisotopic (exact) mass is 440 g/mol. The molecular weight excluding hydrogens is 416 g/mol. The highest BCUT2D eigenvalue weighted by Crippen LogP contribution is 2.24. The van der Waals surface area contributed by atoms with E-state index in [9.17, 15) is 9.59 Å². The number of aryl methyl sites for hydroxylation is 1. The number of carbonyl (C=O) groups excluding carboxylic acids is 2. The molecule has 9 heteroatoms. The lowest BCUT2D eigenvalue weighted by atomic mass is 9.97. The van der Waals surface area contributed by atoms with Crippen LogP contribution in [0.3, 0.4) is 0 Å². The normalized spacial score (nSPS) is 16.2. The largest absolute Gasteiger partial charge is 0.497 e. The number of thiazole rings is 1. The number of carbonyl (C=O) groups is 2. The van der Waals surface area contributed by atoms with E-state index >= 15 is 0 Å². The molecule has 0 aliphatic carbocycles. The molecule has 0 bridgehead atoms. The maximum atomic E-state index is 12.7. The van der Waals surface area contributed by atoms with Crippen LogP contribution in [0, 0.1) is 5.92 Å². The molecule has 1 aliphatic heterocycles. The Morgan fingerprint density at radius 1 is 1.29 bits per heavy atom. The van der Waals surface area contributed by atoms with Gasteiger partial charge in [-0.3, -0.25) is 9.59 Å². The van der Waals surface area contributed by atoms with Crippen LogP contribution in [-0.2, 0) is 16.0 Å². The Balaban J connectivity index is 1.29. The van der Waals surface area contributed by atoms with Gasteiger partial charge in [0.1, 0.15) is 5.75 Å². The first-order valence-electron chi connectivity index (χ1n) is 10.2. The Hall–Kier alpha value is -3.20. The number of nitrogens with one attached hydrogen (secondary N) is 1. The van der Waals surface area contributed by atoms with E-state index in [1.807, 2.05) is 29.6 Å². The molecule has 0 saturated carbocycles. The zero-order chi connectivity index (χ0) is 21.6. The van der Waals surface area contributed by atoms with Crippen molar-refractivity contribution in [2.75, 3.05) is 25.5 Å². The average molecular weight is 441 g/mol. The number of amides is 2. The lowest BCUT2D eigenvalue weighted by Crippen LogP contribution is -2.43. The first kappa shape index (κ1) is 21.0. The minimum Gasteiger partial charge on any atom is -0.497 e. The summed E-state index contributed by atoms with van der Waals surface area (Å²) in [6.45, 7) is 1.10. The molecule has 3 aromatic rings. The van der Waals surface area contributed by atoms with Gasteiger partial charge in [0.25, 0.3) is 0 Å². The fourth-order valence-corrected chi connectivity index (χ4v) is 4.13. The quantitative estimate of drug-likeness (QED) is 0.603. The maximum absolute atomic E-state index is 12.7. The summed E-state index contributed by atoms with van der Waals surface area (Å²) in [6, 6.07) is 7.52. The van der Waals surface area contributed by atoms with Crippen molar-refractivity contribution >= 4 is 28.3 Å². The number of nitrogens with zero attached hydrogens (tertiary/aromatic N) is 3. The van der Waals surface area contributed by atoms with E-state index in [1.54, 1.807) is 24.4 Å². The van der Waals surface area contributed by atoms with Crippen LogP contribution >= 0.6 is 11.3 Å². The molecule has 1 saturated heterocycles. The summed E-state index contributed by atoms with van der Waals surface area (Å²) in [4.78, 5) is 35.3. The van der Waals surface area contributed by atoms with E-state index in [4.69, 9.17) is 9.15 Å². The van der Waals surface area contributed by atoms with Crippen LogP contribution in [0.1, 0.15) is 25.2 Å². The van der Waals surface area contributed by atoms with Gasteiger partial charge >= 0.3 is 0 Å². The van der Waals surface area contributed by atoms with Crippen LogP contribution in [0.2, 0.25) is 0 Å². The highest BCUT2D eigenvalue weighted by molar-refractivity contribution is 7.13. The summed E-state index contributed by atoms with van der Waals surface area (Å²) in [6.07, 6.45) is 5.61. The molecule has 8 nitrogen and oxygen atoms in total. The predicted octanol–water partition coefficient (Wildman–Crippen LogP) is 3.62. The summed E-state index contributed by atoms with van der Waals surface area (Å²) in [5.74, 6) is 1.66. The third-order valence-corrected chi connectivity index (χ3v) is 5.98. The van der Waals surface area contributed by atoms with Gasteiger partial charge in [-0.2, -0.15) is 0 Å². The van der Waals surface area contributed by atoms with Crippen molar-refractivity contribution < 1.29 is 18.7 Å². The number of likely N-dealkylation sites (tertiary alicyclic amines) is 1. The molecule has 2 amide bonds. The van der Waals surface area contributed by atoms with Gasteiger partial charge in [-0.1, -0.05) is 0 Å². The van der Waals surface area contributed by atoms with Gasteiger partial charge in [0.15, 0.2) is 16.8 Å². The lowest BCUT2D eigenvalue weighted by Gasteiger charge is -2.31. The van der Waals surface area contributed by atoms with Crippen molar-refractivity contribution in [3.8, 4) is 17.1 Å². The molecule has 162 valence electrons. The first-order chi connectivity index (χ1) is 15.1. The molecule has 0 radical (unpaired) electrons. The van der Waals surface area contributed by atoms with Crippen LogP contribution in [0.5, 0.6) is 5.75 Å². The second-order valence-electron chi connectivity index (χ2n) is 7.35. The van der Waals surface area contributed by atoms with Gasteiger partial charge in [0.2, 0.25) is 11.8 Å². The number of piperidine rings is 1. The molecule has 4 rings (SSSR count). The zero-order valence-corrected chi connectivity index (χ0v) is 18.1. The second-order valence-corrected chi connectivity index (χ2v) is 8.25. The van der Waals surface area contributed by atoms with Crippen molar-refractivity contribution in [2.45, 2.75) is 25.7 Å². The zero-order valence-electron chi connectivity index (χ0n) is 17.2. The summed E-state index contributed by atoms with van der Waals surface area (Å²) in [5.41, 5.74) is 0.899. The number of ether oxygens (including phenoxy) is 1. The maximum Gasteiger partial charge on any atom is 0.231 e. The molecular formula is C22H24N4O4S. The summed E-state index contributed by atoms with van der Waals surface area (Å²) < 4.78 is 11.0. The topological polar surface area (TPSA) is 97.6 Å². The number of hydrogen-bond donors (Lipinski definition) is 1. The van der Waals surface area contributed by atoms with E-state index in [-0.39, 0.29) is 17.7 Å². The minimum atomic E-state index is -0.218. The van der Waals surface area contributed by atoms with Gasteiger partial charge in [-0.15, -0.1) is 11.3 Å². The van der Waals surface area contributed by atoms with E-state index < -0.39 is 0 Å². The first-order valence-corrected chi connectivity index (χ1v) is 11.1. The number of aromatic nitrogens is 2. The van der Waals surface area contributed by atoms with E-state index in [1.165, 1.54) is 11.3 Å². The Morgan fingerprint density at radius 3 is 2.87 bits per heavy atom. The van der Waals surface area contributed by atoms with Gasteiger partial charge in [-0.25, -0.2) is 9.97 Å². The third-order valence-electron chi connectivity index (χ3n) is 5.29. The molecule has 1 aliphatic rings. The fraction of sp³-hybridized carbons (Fsp3) is 0.364. The van der Waals surface area contributed by atoms with Crippen molar-refractivity contribution in [3.05, 3.63) is 47.9 Å². The molecule has 0 spiro atoms. The number of anilines is 1. The molecule has 3 heterocycles. The molecule has 1 atom stereocenters. The molecule has 1 N–H and O–H groups in total. The summed E-state index contributed by atoms with van der Waals surface area (Å²) in [5, 5.41) is 5.23.